The number of fused-ring (bicyclic) bond motifs is 1. The number of aromatic nitrogens is 2. The fraction of sp³-hybridized carbons (Fsp3) is 0.385. The summed E-state index contributed by atoms with van der Waals surface area (Å²) in [4.78, 5) is 19.6. The molecule has 0 aromatic carbocycles. The zero-order valence-corrected chi connectivity index (χ0v) is 9.64. The van der Waals surface area contributed by atoms with Crippen LogP contribution in [0.3, 0.4) is 0 Å². The van der Waals surface area contributed by atoms with Crippen molar-refractivity contribution in [2.45, 2.75) is 19.4 Å². The van der Waals surface area contributed by atoms with Crippen molar-refractivity contribution < 1.29 is 9.53 Å². The normalized spacial score (nSPS) is 24.3. The van der Waals surface area contributed by atoms with E-state index < -0.39 is 0 Å². The summed E-state index contributed by atoms with van der Waals surface area (Å²) in [6, 6.07) is 3.77. The van der Waals surface area contributed by atoms with Crippen LogP contribution in [0.4, 0.5) is 0 Å². The summed E-state index contributed by atoms with van der Waals surface area (Å²) in [6.07, 6.45) is 4.47. The summed E-state index contributed by atoms with van der Waals surface area (Å²) >= 11 is 0. The second-order valence-electron chi connectivity index (χ2n) is 4.54. The molecule has 1 saturated heterocycles. The molecular formula is C13H14N2O2. The third-order valence-corrected chi connectivity index (χ3v) is 3.29. The average Bonchev–Trinajstić information content (AvgIpc) is 2.94. The van der Waals surface area contributed by atoms with Gasteiger partial charge in [-0.2, -0.15) is 0 Å². The third-order valence-electron chi connectivity index (χ3n) is 3.29. The van der Waals surface area contributed by atoms with E-state index in [9.17, 15) is 4.79 Å². The van der Waals surface area contributed by atoms with Gasteiger partial charge in [-0.1, -0.05) is 0 Å². The van der Waals surface area contributed by atoms with Gasteiger partial charge in [0.05, 0.1) is 12.7 Å². The first-order valence-corrected chi connectivity index (χ1v) is 5.83. The molecule has 1 fully saturated rings. The molecule has 4 nitrogen and oxygen atoms in total. The molecular weight excluding hydrogens is 216 g/mol. The van der Waals surface area contributed by atoms with Gasteiger partial charge >= 0.3 is 0 Å². The summed E-state index contributed by atoms with van der Waals surface area (Å²) < 4.78 is 5.45. The van der Waals surface area contributed by atoms with Gasteiger partial charge in [0, 0.05) is 29.3 Å². The zero-order chi connectivity index (χ0) is 11.8. The molecule has 1 aliphatic rings. The molecule has 3 heterocycles. The number of nitrogens with zero attached hydrogens (tertiary/aromatic N) is 1. The fourth-order valence-corrected chi connectivity index (χ4v) is 2.38. The highest BCUT2D eigenvalue weighted by Crippen LogP contribution is 2.26. The van der Waals surface area contributed by atoms with E-state index in [1.54, 1.807) is 12.4 Å². The minimum atomic E-state index is -0.00999. The van der Waals surface area contributed by atoms with Crippen LogP contribution >= 0.6 is 0 Å². The van der Waals surface area contributed by atoms with Crippen molar-refractivity contribution in [2.24, 2.45) is 5.92 Å². The van der Waals surface area contributed by atoms with E-state index >= 15 is 0 Å². The number of aromatic amines is 1. The van der Waals surface area contributed by atoms with Crippen LogP contribution in [0.15, 0.2) is 24.5 Å². The molecule has 0 saturated carbocycles. The van der Waals surface area contributed by atoms with E-state index in [1.807, 2.05) is 19.1 Å². The third kappa shape index (κ3) is 1.74. The molecule has 88 valence electrons. The van der Waals surface area contributed by atoms with Crippen LogP contribution in [0, 0.1) is 5.92 Å². The van der Waals surface area contributed by atoms with Crippen LogP contribution < -0.4 is 0 Å². The van der Waals surface area contributed by atoms with Crippen LogP contribution in [0.2, 0.25) is 0 Å². The Labute approximate surface area is 99.0 Å². The lowest BCUT2D eigenvalue weighted by molar-refractivity contribution is 0.0879. The SMILES string of the molecule is CC1CC(C(=O)c2c[nH]c3ncccc23)CO1. The van der Waals surface area contributed by atoms with Crippen molar-refractivity contribution in [3.8, 4) is 0 Å². The molecule has 3 rings (SSSR count). The summed E-state index contributed by atoms with van der Waals surface area (Å²) in [7, 11) is 0. The summed E-state index contributed by atoms with van der Waals surface area (Å²) in [5, 5.41) is 0.900. The number of H-pyrrole nitrogens is 1. The van der Waals surface area contributed by atoms with Crippen molar-refractivity contribution in [1.29, 1.82) is 0 Å². The number of hydrogen-bond acceptors (Lipinski definition) is 3. The molecule has 0 spiro atoms. The minimum Gasteiger partial charge on any atom is -0.378 e. The maximum absolute atomic E-state index is 12.3. The van der Waals surface area contributed by atoms with Crippen molar-refractivity contribution >= 4 is 16.8 Å². The van der Waals surface area contributed by atoms with Gasteiger partial charge in [0.1, 0.15) is 5.65 Å². The van der Waals surface area contributed by atoms with Crippen LogP contribution in [0.5, 0.6) is 0 Å². The number of carbonyl (C=O) groups is 1. The number of hydrogen-bond donors (Lipinski definition) is 1. The Balaban J connectivity index is 1.96. The molecule has 2 aromatic rings. The summed E-state index contributed by atoms with van der Waals surface area (Å²) in [6.45, 7) is 2.54. The maximum Gasteiger partial charge on any atom is 0.170 e. The lowest BCUT2D eigenvalue weighted by Gasteiger charge is -2.04. The lowest BCUT2D eigenvalue weighted by atomic mass is 9.95. The van der Waals surface area contributed by atoms with E-state index in [0.717, 1.165) is 23.0 Å². The number of nitrogens with one attached hydrogen (secondary N) is 1. The monoisotopic (exact) mass is 230 g/mol. The first-order valence-electron chi connectivity index (χ1n) is 5.83. The first-order chi connectivity index (χ1) is 8.25. The zero-order valence-electron chi connectivity index (χ0n) is 9.64. The highest BCUT2D eigenvalue weighted by Gasteiger charge is 2.30. The van der Waals surface area contributed by atoms with Gasteiger partial charge in [0.25, 0.3) is 0 Å². The number of rotatable bonds is 2. The molecule has 2 atom stereocenters. The van der Waals surface area contributed by atoms with E-state index in [4.69, 9.17) is 4.74 Å². The van der Waals surface area contributed by atoms with Crippen molar-refractivity contribution in [3.05, 3.63) is 30.1 Å². The van der Waals surface area contributed by atoms with Gasteiger partial charge in [-0.3, -0.25) is 4.79 Å². The van der Waals surface area contributed by atoms with E-state index in [1.165, 1.54) is 0 Å². The average molecular weight is 230 g/mol. The Bertz CT molecular complexity index is 561. The van der Waals surface area contributed by atoms with Crippen LogP contribution in [0.1, 0.15) is 23.7 Å². The number of ether oxygens (including phenoxy) is 1. The number of carbonyl (C=O) groups excluding carboxylic acids is 1. The second kappa shape index (κ2) is 3.96. The highest BCUT2D eigenvalue weighted by molar-refractivity contribution is 6.08. The molecule has 0 amide bonds. The van der Waals surface area contributed by atoms with Crippen molar-refractivity contribution in [1.82, 2.24) is 9.97 Å². The van der Waals surface area contributed by atoms with Crippen LogP contribution in [-0.4, -0.2) is 28.5 Å². The van der Waals surface area contributed by atoms with Gasteiger partial charge < -0.3 is 9.72 Å². The van der Waals surface area contributed by atoms with Gasteiger partial charge in [0.15, 0.2) is 5.78 Å². The maximum atomic E-state index is 12.3. The van der Waals surface area contributed by atoms with E-state index in [-0.39, 0.29) is 17.8 Å². The Kier molecular flexibility index (Phi) is 2.44. The Hall–Kier alpha value is -1.68. The van der Waals surface area contributed by atoms with Crippen LogP contribution in [0.25, 0.3) is 11.0 Å². The smallest absolute Gasteiger partial charge is 0.170 e. The van der Waals surface area contributed by atoms with Crippen molar-refractivity contribution in [2.75, 3.05) is 6.61 Å². The highest BCUT2D eigenvalue weighted by atomic mass is 16.5. The predicted molar refractivity (Wildman–Crippen MR) is 63.9 cm³/mol. The Morgan fingerprint density at radius 3 is 3.24 bits per heavy atom. The molecule has 2 unspecified atom stereocenters. The molecule has 0 aliphatic carbocycles. The minimum absolute atomic E-state index is 0.00999. The topological polar surface area (TPSA) is 55.0 Å². The van der Waals surface area contributed by atoms with Gasteiger partial charge in [-0.25, -0.2) is 4.98 Å². The lowest BCUT2D eigenvalue weighted by Crippen LogP contribution is -2.14. The first kappa shape index (κ1) is 10.5. The standard InChI is InChI=1S/C13H14N2O2/c1-8-5-9(7-17-8)12(16)11-6-15-13-10(11)3-2-4-14-13/h2-4,6,8-9H,5,7H2,1H3,(H,14,15). The van der Waals surface area contributed by atoms with Gasteiger partial charge in [-0.15, -0.1) is 0 Å². The number of ketones is 1. The van der Waals surface area contributed by atoms with E-state index in [0.29, 0.717) is 6.61 Å². The Morgan fingerprint density at radius 1 is 1.59 bits per heavy atom. The Morgan fingerprint density at radius 2 is 2.47 bits per heavy atom. The molecule has 1 N–H and O–H groups in total. The van der Waals surface area contributed by atoms with Gasteiger partial charge in [0.2, 0.25) is 0 Å². The largest absolute Gasteiger partial charge is 0.378 e. The molecule has 2 aromatic heterocycles. The summed E-state index contributed by atoms with van der Waals surface area (Å²) in [5.74, 6) is 0.151. The van der Waals surface area contributed by atoms with E-state index in [2.05, 4.69) is 9.97 Å². The van der Waals surface area contributed by atoms with Gasteiger partial charge in [-0.05, 0) is 25.5 Å². The quantitative estimate of drug-likeness (QED) is 0.804. The van der Waals surface area contributed by atoms with Crippen molar-refractivity contribution in [3.63, 3.8) is 0 Å². The number of Topliss-reactive ketones (excluding diaryl/α,β-unsaturated/α-hetero) is 1. The van der Waals surface area contributed by atoms with Crippen LogP contribution in [-0.2, 0) is 4.74 Å². The number of pyridine rings is 1. The molecule has 4 heteroatoms. The molecule has 0 radical (unpaired) electrons. The molecule has 0 bridgehead atoms. The fourth-order valence-electron chi connectivity index (χ4n) is 2.38. The molecule has 1 aliphatic heterocycles. The predicted octanol–water partition coefficient (Wildman–Crippen LogP) is 2.17. The molecule has 17 heavy (non-hydrogen) atoms. The second-order valence-corrected chi connectivity index (χ2v) is 4.54. The summed E-state index contributed by atoms with van der Waals surface area (Å²) in [5.41, 5.74) is 1.50.